The van der Waals surface area contributed by atoms with Gasteiger partial charge in [0, 0.05) is 17.3 Å². The molecule has 52 heavy (non-hydrogen) atoms. The molecular weight excluding hydrogens is 713 g/mol. The van der Waals surface area contributed by atoms with E-state index in [1.807, 2.05) is 26.8 Å². The van der Waals surface area contributed by atoms with Gasteiger partial charge in [0.15, 0.2) is 27.5 Å². The van der Waals surface area contributed by atoms with Gasteiger partial charge in [0.2, 0.25) is 0 Å². The molecule has 1 aliphatic rings. The third kappa shape index (κ3) is 10.6. The van der Waals surface area contributed by atoms with Crippen LogP contribution in [0.5, 0.6) is 0 Å². The minimum absolute atomic E-state index is 0.0474. The summed E-state index contributed by atoms with van der Waals surface area (Å²) < 4.78 is 25.5. The summed E-state index contributed by atoms with van der Waals surface area (Å²) in [5, 5.41) is 2.98. The first-order chi connectivity index (χ1) is 23.8. The van der Waals surface area contributed by atoms with Gasteiger partial charge in [-0.25, -0.2) is 14.6 Å². The predicted octanol–water partition coefficient (Wildman–Crippen LogP) is 9.43. The number of amidine groups is 1. The summed E-state index contributed by atoms with van der Waals surface area (Å²) in [7, 11) is -4.66. The zero-order valence-corrected chi connectivity index (χ0v) is 36.8. The van der Waals surface area contributed by atoms with Crippen LogP contribution in [-0.4, -0.2) is 86.9 Å². The van der Waals surface area contributed by atoms with E-state index in [1.54, 1.807) is 48.5 Å². The molecule has 11 nitrogen and oxygen atoms in total. The molecule has 1 aromatic heterocycles. The van der Waals surface area contributed by atoms with E-state index in [-0.39, 0.29) is 39.1 Å². The largest absolute Gasteiger partial charge is 0.461 e. The van der Waals surface area contributed by atoms with Crippen molar-refractivity contribution >= 4 is 57.2 Å². The minimum Gasteiger partial charge on any atom is -0.461 e. The van der Waals surface area contributed by atoms with Crippen LogP contribution in [0.15, 0.2) is 41.5 Å². The normalized spacial score (nSPS) is 19.1. The molecule has 0 saturated carbocycles. The Hall–Kier alpha value is -2.92. The van der Waals surface area contributed by atoms with Crippen molar-refractivity contribution in [1.82, 2.24) is 15.2 Å². The molecular formula is C38H62N4O7SSi2. The van der Waals surface area contributed by atoms with E-state index in [1.165, 1.54) is 11.8 Å². The number of nitrogens with one attached hydrogen (secondary N) is 2. The van der Waals surface area contributed by atoms with Crippen LogP contribution in [0.4, 0.5) is 10.5 Å². The summed E-state index contributed by atoms with van der Waals surface area (Å²) in [6.45, 7) is 29.5. The number of aromatic nitrogens is 1. The minimum atomic E-state index is -2.43. The molecule has 0 spiro atoms. The van der Waals surface area contributed by atoms with Gasteiger partial charge in [-0.15, -0.1) is 0 Å². The van der Waals surface area contributed by atoms with Crippen molar-refractivity contribution in [1.29, 1.82) is 0 Å². The van der Waals surface area contributed by atoms with Crippen molar-refractivity contribution in [2.45, 2.75) is 136 Å². The van der Waals surface area contributed by atoms with Crippen molar-refractivity contribution in [3.8, 4) is 0 Å². The van der Waals surface area contributed by atoms with Gasteiger partial charge < -0.3 is 28.6 Å². The summed E-state index contributed by atoms with van der Waals surface area (Å²) in [6, 6.07) is 7.71. The Labute approximate surface area is 317 Å². The van der Waals surface area contributed by atoms with Crippen LogP contribution >= 0.6 is 11.8 Å². The van der Waals surface area contributed by atoms with Crippen LogP contribution in [0.2, 0.25) is 36.3 Å². The highest BCUT2D eigenvalue weighted by Crippen LogP contribution is 2.48. The third-order valence-electron chi connectivity index (χ3n) is 10.2. The maximum Gasteiger partial charge on any atom is 0.411 e. The Morgan fingerprint density at radius 2 is 1.56 bits per heavy atom. The zero-order valence-electron chi connectivity index (χ0n) is 34.0. The molecule has 2 heterocycles. The SMILES string of the molecule is CCOC(=O)c1[nH]cc([C@H]2[C@H](O[Si](C)(C)C(C)(C)C)C[C@@H](CO[Si](C)(C)C(C)(C)C)N2C(=O)OC(C)(C)C)c1N=C(NC(=O)c1ccccc1)SC. The maximum atomic E-state index is 14.4. The van der Waals surface area contributed by atoms with Crippen molar-refractivity contribution in [2.24, 2.45) is 4.99 Å². The highest BCUT2D eigenvalue weighted by molar-refractivity contribution is 8.13. The lowest BCUT2D eigenvalue weighted by atomic mass is 10.0. The number of aromatic amines is 1. The Balaban J connectivity index is 2.30. The van der Waals surface area contributed by atoms with Crippen molar-refractivity contribution < 1.29 is 32.7 Å². The number of hydrogen-bond donors (Lipinski definition) is 2. The topological polar surface area (TPSA) is 132 Å². The lowest BCUT2D eigenvalue weighted by Gasteiger charge is -2.40. The molecule has 0 aliphatic carbocycles. The molecule has 2 N–H and O–H groups in total. The Kier molecular flexibility index (Phi) is 13.9. The van der Waals surface area contributed by atoms with Gasteiger partial charge in [0.1, 0.15) is 11.3 Å². The van der Waals surface area contributed by atoms with Crippen molar-refractivity contribution in [3.05, 3.63) is 53.3 Å². The lowest BCUT2D eigenvalue weighted by Crippen LogP contribution is -2.48. The predicted molar refractivity (Wildman–Crippen MR) is 216 cm³/mol. The average molecular weight is 775 g/mol. The van der Waals surface area contributed by atoms with Gasteiger partial charge in [-0.1, -0.05) is 71.5 Å². The number of hydrogen-bond acceptors (Lipinski definition) is 9. The molecule has 3 rings (SSSR count). The molecule has 3 atom stereocenters. The number of nitrogens with zero attached hydrogens (tertiary/aromatic N) is 2. The molecule has 0 radical (unpaired) electrons. The van der Waals surface area contributed by atoms with Crippen LogP contribution in [0.1, 0.15) is 108 Å². The Morgan fingerprint density at radius 1 is 0.962 bits per heavy atom. The van der Waals surface area contributed by atoms with Crippen LogP contribution in [-0.2, 0) is 18.3 Å². The maximum absolute atomic E-state index is 14.4. The van der Waals surface area contributed by atoms with Crippen LogP contribution in [0.3, 0.4) is 0 Å². The molecule has 1 fully saturated rings. The third-order valence-corrected chi connectivity index (χ3v) is 19.8. The smallest absolute Gasteiger partial charge is 0.411 e. The molecule has 290 valence electrons. The molecule has 1 aliphatic heterocycles. The monoisotopic (exact) mass is 774 g/mol. The Bertz CT molecular complexity index is 1590. The van der Waals surface area contributed by atoms with Crippen LogP contribution in [0, 0.1) is 0 Å². The number of benzene rings is 1. The highest BCUT2D eigenvalue weighted by Gasteiger charge is 2.52. The summed E-state index contributed by atoms with van der Waals surface area (Å²) in [5.74, 6) is -0.953. The molecule has 0 bridgehead atoms. The van der Waals surface area contributed by atoms with Gasteiger partial charge in [-0.05, 0) is 88.8 Å². The van der Waals surface area contributed by atoms with E-state index in [4.69, 9.17) is 23.3 Å². The fourth-order valence-electron chi connectivity index (χ4n) is 5.30. The number of ether oxygens (including phenoxy) is 2. The van der Waals surface area contributed by atoms with Gasteiger partial charge >= 0.3 is 12.1 Å². The average Bonchev–Trinajstić information content (AvgIpc) is 3.58. The van der Waals surface area contributed by atoms with Crippen LogP contribution < -0.4 is 5.32 Å². The number of rotatable bonds is 10. The molecule has 1 saturated heterocycles. The van der Waals surface area contributed by atoms with Gasteiger partial charge in [0.05, 0.1) is 31.4 Å². The van der Waals surface area contributed by atoms with E-state index < -0.39 is 52.5 Å². The van der Waals surface area contributed by atoms with E-state index in [0.717, 1.165) is 0 Å². The quantitative estimate of drug-likeness (QED) is 0.106. The van der Waals surface area contributed by atoms with Gasteiger partial charge in [-0.3, -0.25) is 9.69 Å². The van der Waals surface area contributed by atoms with Crippen molar-refractivity contribution in [3.63, 3.8) is 0 Å². The summed E-state index contributed by atoms with van der Waals surface area (Å²) in [5.41, 5.74) is 0.586. The molecule has 2 amide bonds. The first kappa shape index (κ1) is 43.5. The number of likely N-dealkylation sites (tertiary alicyclic amines) is 1. The summed E-state index contributed by atoms with van der Waals surface area (Å²) in [4.78, 5) is 50.9. The van der Waals surface area contributed by atoms with E-state index >= 15 is 0 Å². The number of amides is 2. The second kappa shape index (κ2) is 16.6. The fraction of sp³-hybridized carbons (Fsp3) is 0.632. The Morgan fingerprint density at radius 3 is 2.08 bits per heavy atom. The highest BCUT2D eigenvalue weighted by atomic mass is 32.2. The number of carbonyl (C=O) groups is 3. The molecule has 0 unspecified atom stereocenters. The van der Waals surface area contributed by atoms with E-state index in [0.29, 0.717) is 24.2 Å². The first-order valence-electron chi connectivity index (χ1n) is 18.0. The number of esters is 1. The van der Waals surface area contributed by atoms with Crippen LogP contribution in [0.25, 0.3) is 0 Å². The van der Waals surface area contributed by atoms with Gasteiger partial charge in [0.25, 0.3) is 5.91 Å². The number of aliphatic imine (C=N–C) groups is 1. The summed E-state index contributed by atoms with van der Waals surface area (Å²) >= 11 is 1.23. The number of carbonyl (C=O) groups excluding carboxylic acids is 3. The van der Waals surface area contributed by atoms with E-state index in [9.17, 15) is 14.4 Å². The standard InChI is InChI=1S/C38H62N4O7SSi2/c1-16-46-33(44)30-29(40-34(50-11)41-32(43)25-20-18-17-19-21-25)27(23-39-30)31-28(49-52(14,15)38(8,9)10)22-26(24-47-51(12,13)37(5,6)7)42(31)35(45)48-36(2,3)4/h17-21,23,26,28,31,39H,16,22,24H2,1-15H3,(H,40,41,43)/t26-,28+,31-/m0/s1. The van der Waals surface area contributed by atoms with Gasteiger partial charge in [-0.2, -0.15) is 0 Å². The lowest BCUT2D eigenvalue weighted by molar-refractivity contribution is 0.00478. The second-order valence-corrected chi connectivity index (χ2v) is 27.7. The number of thioether (sulfide) groups is 1. The van der Waals surface area contributed by atoms with Crippen molar-refractivity contribution in [2.75, 3.05) is 19.5 Å². The van der Waals surface area contributed by atoms with E-state index in [2.05, 4.69) is 78.0 Å². The zero-order chi connectivity index (χ0) is 39.4. The second-order valence-electron chi connectivity index (χ2n) is 17.3. The fourth-order valence-corrected chi connectivity index (χ4v) is 8.06. The number of H-pyrrole nitrogens is 1. The molecule has 2 aromatic rings. The molecule has 14 heteroatoms. The summed E-state index contributed by atoms with van der Waals surface area (Å²) in [6.07, 6.45) is 2.97. The first-order valence-corrected chi connectivity index (χ1v) is 25.1. The molecule has 1 aromatic carbocycles.